The van der Waals surface area contributed by atoms with Crippen LogP contribution < -0.4 is 10.6 Å². The number of hydrogen-bond acceptors (Lipinski definition) is 6. The van der Waals surface area contributed by atoms with Gasteiger partial charge in [-0.1, -0.05) is 48.0 Å². The van der Waals surface area contributed by atoms with E-state index in [1.807, 2.05) is 36.4 Å². The Labute approximate surface area is 220 Å². The van der Waals surface area contributed by atoms with E-state index in [0.29, 0.717) is 27.8 Å². The van der Waals surface area contributed by atoms with Gasteiger partial charge in [-0.3, -0.25) is 19.5 Å². The van der Waals surface area contributed by atoms with Crippen molar-refractivity contribution in [3.63, 3.8) is 0 Å². The molecule has 0 aromatic heterocycles. The normalized spacial score (nSPS) is 18.4. The lowest BCUT2D eigenvalue weighted by atomic mass is 9.90. The van der Waals surface area contributed by atoms with E-state index in [-0.39, 0.29) is 24.1 Å². The molecule has 3 aromatic carbocycles. The fraction of sp³-hybridized carbons (Fsp3) is 0.250. The zero-order valence-corrected chi connectivity index (χ0v) is 21.2. The summed E-state index contributed by atoms with van der Waals surface area (Å²) in [5.41, 5.74) is 3.56. The molecule has 1 fully saturated rings. The molecule has 1 atom stereocenters. The molecule has 3 aromatic rings. The Hall–Kier alpha value is -3.72. The van der Waals surface area contributed by atoms with Gasteiger partial charge in [-0.15, -0.1) is 0 Å². The van der Waals surface area contributed by atoms with Crippen molar-refractivity contribution >= 4 is 46.2 Å². The van der Waals surface area contributed by atoms with Crippen LogP contribution >= 0.6 is 11.6 Å². The van der Waals surface area contributed by atoms with Crippen LogP contribution in [0.5, 0.6) is 5.75 Å². The predicted molar refractivity (Wildman–Crippen MR) is 146 cm³/mol. The molecule has 9 heteroatoms. The summed E-state index contributed by atoms with van der Waals surface area (Å²) in [5.74, 6) is -1.11. The average Bonchev–Trinajstić information content (AvgIpc) is 3.20. The van der Waals surface area contributed by atoms with E-state index in [1.165, 1.54) is 6.07 Å². The third-order valence-corrected chi connectivity index (χ3v) is 6.89. The number of nitrogens with zero attached hydrogens (tertiary/aromatic N) is 3. The van der Waals surface area contributed by atoms with Crippen molar-refractivity contribution in [1.29, 1.82) is 0 Å². The van der Waals surface area contributed by atoms with Crippen LogP contribution in [0.4, 0.5) is 17.1 Å². The molecule has 0 aliphatic carbocycles. The maximum atomic E-state index is 13.0. The van der Waals surface area contributed by atoms with Gasteiger partial charge in [0, 0.05) is 43.0 Å². The number of carbonyl (C=O) groups is 2. The number of aliphatic imine (C=N–C) groups is 1. The maximum absolute atomic E-state index is 13.0. The Balaban J connectivity index is 1.40. The zero-order valence-electron chi connectivity index (χ0n) is 20.4. The monoisotopic (exact) mass is 517 g/mol. The van der Waals surface area contributed by atoms with Gasteiger partial charge in [-0.2, -0.15) is 0 Å². The molecule has 8 nitrogen and oxygen atoms in total. The number of aromatic hydroxyl groups is 1. The molecule has 2 aliphatic rings. The summed E-state index contributed by atoms with van der Waals surface area (Å²) >= 11 is 6.13. The van der Waals surface area contributed by atoms with Crippen molar-refractivity contribution in [2.75, 3.05) is 50.4 Å². The molecule has 3 N–H and O–H groups in total. The Bertz CT molecular complexity index is 1350. The lowest BCUT2D eigenvalue weighted by molar-refractivity contribution is -0.118. The van der Waals surface area contributed by atoms with Crippen LogP contribution in [-0.4, -0.2) is 72.2 Å². The fourth-order valence-electron chi connectivity index (χ4n) is 4.64. The average molecular weight is 518 g/mol. The smallest absolute Gasteiger partial charge is 0.238 e. The Kier molecular flexibility index (Phi) is 7.23. The molecule has 190 valence electrons. The summed E-state index contributed by atoms with van der Waals surface area (Å²) in [7, 11) is 2.07. The number of halogens is 1. The summed E-state index contributed by atoms with van der Waals surface area (Å²) in [6.07, 6.45) is 0. The van der Waals surface area contributed by atoms with Gasteiger partial charge in [-0.05, 0) is 42.4 Å². The molecule has 37 heavy (non-hydrogen) atoms. The maximum Gasteiger partial charge on any atom is 0.238 e. The molecule has 0 spiro atoms. The Morgan fingerprint density at radius 2 is 1.84 bits per heavy atom. The van der Waals surface area contributed by atoms with Crippen molar-refractivity contribution in [2.24, 2.45) is 4.99 Å². The van der Waals surface area contributed by atoms with Crippen molar-refractivity contribution in [2.45, 2.75) is 5.92 Å². The SMILES string of the molecule is CN1CCN(CC(=O)Nc2ccc(N=C(c3ccccc3)C3C(=O)Nc4cc(Cl)ccc43)cc2O)CC1. The van der Waals surface area contributed by atoms with Crippen molar-refractivity contribution in [3.8, 4) is 5.75 Å². The third kappa shape index (κ3) is 5.67. The first-order valence-corrected chi connectivity index (χ1v) is 12.5. The quantitative estimate of drug-likeness (QED) is 0.338. The number of phenols is 1. The molecular weight excluding hydrogens is 490 g/mol. The van der Waals surface area contributed by atoms with E-state index in [0.717, 1.165) is 37.3 Å². The molecule has 2 aliphatic heterocycles. The number of nitrogens with one attached hydrogen (secondary N) is 2. The molecule has 0 radical (unpaired) electrons. The highest BCUT2D eigenvalue weighted by Gasteiger charge is 2.35. The molecular formula is C28H28ClN5O3. The second-order valence-corrected chi connectivity index (χ2v) is 9.78. The highest BCUT2D eigenvalue weighted by Crippen LogP contribution is 2.38. The van der Waals surface area contributed by atoms with E-state index in [1.54, 1.807) is 24.3 Å². The van der Waals surface area contributed by atoms with E-state index >= 15 is 0 Å². The first kappa shape index (κ1) is 25.0. The van der Waals surface area contributed by atoms with Crippen LogP contribution in [0.15, 0.2) is 71.7 Å². The molecule has 0 saturated carbocycles. The lowest BCUT2D eigenvalue weighted by Crippen LogP contribution is -2.47. The van der Waals surface area contributed by atoms with Crippen LogP contribution in [0.25, 0.3) is 0 Å². The number of anilines is 2. The highest BCUT2D eigenvalue weighted by molar-refractivity contribution is 6.31. The van der Waals surface area contributed by atoms with E-state index in [4.69, 9.17) is 16.6 Å². The zero-order chi connectivity index (χ0) is 25.9. The molecule has 1 saturated heterocycles. The summed E-state index contributed by atoms with van der Waals surface area (Å²) in [5, 5.41) is 16.9. The van der Waals surface area contributed by atoms with Crippen LogP contribution in [0.2, 0.25) is 5.02 Å². The fourth-order valence-corrected chi connectivity index (χ4v) is 4.82. The van der Waals surface area contributed by atoms with Crippen LogP contribution in [0.1, 0.15) is 17.0 Å². The van der Waals surface area contributed by atoms with E-state index in [2.05, 4.69) is 27.5 Å². The topological polar surface area (TPSA) is 97.3 Å². The van der Waals surface area contributed by atoms with Crippen LogP contribution in [0, 0.1) is 0 Å². The summed E-state index contributed by atoms with van der Waals surface area (Å²) in [6.45, 7) is 3.77. The highest BCUT2D eigenvalue weighted by atomic mass is 35.5. The first-order chi connectivity index (χ1) is 17.9. The van der Waals surface area contributed by atoms with Gasteiger partial charge in [0.25, 0.3) is 0 Å². The molecule has 2 heterocycles. The summed E-state index contributed by atoms with van der Waals surface area (Å²) < 4.78 is 0. The van der Waals surface area contributed by atoms with Crippen molar-refractivity contribution in [3.05, 3.63) is 82.9 Å². The van der Waals surface area contributed by atoms with Crippen molar-refractivity contribution in [1.82, 2.24) is 9.80 Å². The number of hydrogen-bond donors (Lipinski definition) is 3. The number of phenolic OH excluding ortho intramolecular Hbond substituents is 1. The summed E-state index contributed by atoms with van der Waals surface area (Å²) in [6, 6.07) is 19.6. The van der Waals surface area contributed by atoms with Gasteiger partial charge >= 0.3 is 0 Å². The predicted octanol–water partition coefficient (Wildman–Crippen LogP) is 4.09. The number of likely N-dealkylation sites (N-methyl/N-ethyl adjacent to an activating group) is 1. The number of carbonyl (C=O) groups excluding carboxylic acids is 2. The Morgan fingerprint density at radius 3 is 2.57 bits per heavy atom. The van der Waals surface area contributed by atoms with Gasteiger partial charge in [0.1, 0.15) is 11.7 Å². The standard InChI is InChI=1S/C28H28ClN5O3/c1-33-11-13-34(14-12-33)17-25(36)31-22-10-8-20(16-24(22)35)30-27(18-5-3-2-4-6-18)26-21-9-7-19(29)15-23(21)32-28(26)37/h2-10,15-16,26,35H,11-14,17H2,1H3,(H,31,36)(H,32,37). The second-order valence-electron chi connectivity index (χ2n) is 9.35. The van der Waals surface area contributed by atoms with Gasteiger partial charge < -0.3 is 20.6 Å². The Morgan fingerprint density at radius 1 is 1.08 bits per heavy atom. The minimum atomic E-state index is -0.639. The number of rotatable bonds is 6. The molecule has 1 unspecified atom stereocenters. The van der Waals surface area contributed by atoms with Gasteiger partial charge in [-0.25, -0.2) is 0 Å². The van der Waals surface area contributed by atoms with Crippen LogP contribution in [0.3, 0.4) is 0 Å². The second kappa shape index (κ2) is 10.7. The third-order valence-electron chi connectivity index (χ3n) is 6.66. The van der Waals surface area contributed by atoms with E-state index < -0.39 is 5.92 Å². The van der Waals surface area contributed by atoms with E-state index in [9.17, 15) is 14.7 Å². The molecule has 5 rings (SSSR count). The first-order valence-electron chi connectivity index (χ1n) is 12.2. The number of amides is 2. The number of fused-ring (bicyclic) bond motifs is 1. The van der Waals surface area contributed by atoms with Gasteiger partial charge in [0.05, 0.1) is 23.6 Å². The summed E-state index contributed by atoms with van der Waals surface area (Å²) in [4.78, 5) is 34.7. The molecule has 2 amide bonds. The van der Waals surface area contributed by atoms with Gasteiger partial charge in [0.15, 0.2) is 0 Å². The number of piperazine rings is 1. The minimum absolute atomic E-state index is 0.0940. The molecule has 0 bridgehead atoms. The van der Waals surface area contributed by atoms with Gasteiger partial charge in [0.2, 0.25) is 11.8 Å². The number of benzene rings is 3. The largest absolute Gasteiger partial charge is 0.506 e. The van der Waals surface area contributed by atoms with Crippen LogP contribution in [-0.2, 0) is 9.59 Å². The van der Waals surface area contributed by atoms with Crippen molar-refractivity contribution < 1.29 is 14.7 Å². The lowest BCUT2D eigenvalue weighted by Gasteiger charge is -2.31. The minimum Gasteiger partial charge on any atom is -0.506 e.